The highest BCUT2D eigenvalue weighted by Gasteiger charge is 2.12. The highest BCUT2D eigenvalue weighted by atomic mass is 32.2. The third-order valence-electron chi connectivity index (χ3n) is 2.66. The number of ether oxygens (including phenoxy) is 1. The zero-order valence-electron chi connectivity index (χ0n) is 11.3. The van der Waals surface area contributed by atoms with Crippen LogP contribution in [0.4, 0.5) is 5.82 Å². The number of rotatable bonds is 4. The molecule has 0 bridgehead atoms. The lowest BCUT2D eigenvalue weighted by Crippen LogP contribution is -2.09. The molecule has 1 aromatic heterocycles. The van der Waals surface area contributed by atoms with Crippen molar-refractivity contribution >= 4 is 23.5 Å². The zero-order valence-corrected chi connectivity index (χ0v) is 12.1. The van der Waals surface area contributed by atoms with Crippen molar-refractivity contribution in [1.82, 2.24) is 9.97 Å². The molecule has 0 aliphatic rings. The molecule has 104 valence electrons. The van der Waals surface area contributed by atoms with Gasteiger partial charge in [0.1, 0.15) is 17.2 Å². The average Bonchev–Trinajstić information content (AvgIpc) is 2.46. The molecule has 0 aliphatic carbocycles. The fourth-order valence-electron chi connectivity index (χ4n) is 1.55. The largest absolute Gasteiger partial charge is 0.465 e. The van der Waals surface area contributed by atoms with Gasteiger partial charge in [0, 0.05) is 11.1 Å². The Labute approximate surface area is 121 Å². The smallest absolute Gasteiger partial charge is 0.343 e. The first-order valence-electron chi connectivity index (χ1n) is 5.99. The van der Waals surface area contributed by atoms with E-state index < -0.39 is 5.97 Å². The molecule has 0 fully saturated rings. The third kappa shape index (κ3) is 3.48. The molecule has 0 spiro atoms. The fourth-order valence-corrected chi connectivity index (χ4v) is 2.32. The maximum Gasteiger partial charge on any atom is 0.343 e. The van der Waals surface area contributed by atoms with Gasteiger partial charge in [0.2, 0.25) is 0 Å². The van der Waals surface area contributed by atoms with Gasteiger partial charge in [-0.05, 0) is 19.1 Å². The third-order valence-corrected chi connectivity index (χ3v) is 3.67. The second kappa shape index (κ2) is 6.38. The van der Waals surface area contributed by atoms with E-state index >= 15 is 0 Å². The summed E-state index contributed by atoms with van der Waals surface area (Å²) in [5.74, 6) is 0.793. The van der Waals surface area contributed by atoms with E-state index in [1.807, 2.05) is 19.1 Å². The quantitative estimate of drug-likeness (QED) is 0.688. The number of nitrogen functional groups attached to an aromatic ring is 1. The normalized spacial score (nSPS) is 10.3. The molecule has 0 unspecified atom stereocenters. The molecule has 1 heterocycles. The molecule has 0 saturated heterocycles. The Hall–Kier alpha value is -2.08. The van der Waals surface area contributed by atoms with Crippen LogP contribution in [-0.4, -0.2) is 23.0 Å². The number of benzene rings is 1. The Morgan fingerprint density at radius 2 is 2.05 bits per heavy atom. The number of nitrogens with two attached hydrogens (primary N) is 1. The number of esters is 1. The van der Waals surface area contributed by atoms with Gasteiger partial charge in [0.05, 0.1) is 12.9 Å². The molecule has 0 radical (unpaired) electrons. The molecule has 0 saturated carbocycles. The Balaban J connectivity index is 2.05. The predicted octanol–water partition coefficient (Wildman–Crippen LogP) is 2.45. The maximum atomic E-state index is 11.4. The molecule has 0 aliphatic heterocycles. The number of thioether (sulfide) groups is 1. The van der Waals surface area contributed by atoms with Gasteiger partial charge in [-0.1, -0.05) is 17.7 Å². The van der Waals surface area contributed by atoms with Crippen molar-refractivity contribution in [2.24, 2.45) is 0 Å². The van der Waals surface area contributed by atoms with E-state index in [2.05, 4.69) is 26.8 Å². The van der Waals surface area contributed by atoms with Crippen LogP contribution in [0.3, 0.4) is 0 Å². The molecule has 2 aromatic rings. The minimum Gasteiger partial charge on any atom is -0.465 e. The SMILES string of the molecule is COC(=O)c1cnc(CSc2ccc(C)cc2)nc1N. The summed E-state index contributed by atoms with van der Waals surface area (Å²) in [5, 5.41) is 0. The summed E-state index contributed by atoms with van der Waals surface area (Å²) in [7, 11) is 1.29. The Morgan fingerprint density at radius 3 is 2.65 bits per heavy atom. The summed E-state index contributed by atoms with van der Waals surface area (Å²) in [6, 6.07) is 8.20. The molecule has 2 rings (SSSR count). The van der Waals surface area contributed by atoms with Gasteiger partial charge in [0.15, 0.2) is 0 Å². The Morgan fingerprint density at radius 1 is 1.35 bits per heavy atom. The summed E-state index contributed by atoms with van der Waals surface area (Å²) < 4.78 is 4.59. The molecule has 0 atom stereocenters. The number of nitrogens with zero attached hydrogens (tertiary/aromatic N) is 2. The van der Waals surface area contributed by atoms with Crippen molar-refractivity contribution in [2.75, 3.05) is 12.8 Å². The maximum absolute atomic E-state index is 11.4. The molecular weight excluding hydrogens is 274 g/mol. The van der Waals surface area contributed by atoms with Gasteiger partial charge in [-0.15, -0.1) is 11.8 Å². The fraction of sp³-hybridized carbons (Fsp3) is 0.214. The molecule has 20 heavy (non-hydrogen) atoms. The number of methoxy groups -OCH3 is 1. The number of aryl methyl sites for hydroxylation is 1. The summed E-state index contributed by atoms with van der Waals surface area (Å²) in [5.41, 5.74) is 7.14. The van der Waals surface area contributed by atoms with Gasteiger partial charge in [0.25, 0.3) is 0 Å². The summed E-state index contributed by atoms with van der Waals surface area (Å²) in [6.07, 6.45) is 1.40. The number of carbonyl (C=O) groups excluding carboxylic acids is 1. The Bertz CT molecular complexity index is 614. The van der Waals surface area contributed by atoms with Crippen molar-refractivity contribution in [3.8, 4) is 0 Å². The van der Waals surface area contributed by atoms with Crippen molar-refractivity contribution in [3.63, 3.8) is 0 Å². The molecule has 6 heteroatoms. The summed E-state index contributed by atoms with van der Waals surface area (Å²) >= 11 is 1.61. The van der Waals surface area contributed by atoms with Crippen LogP contribution in [0, 0.1) is 6.92 Å². The van der Waals surface area contributed by atoms with E-state index in [9.17, 15) is 4.79 Å². The highest BCUT2D eigenvalue weighted by molar-refractivity contribution is 7.98. The van der Waals surface area contributed by atoms with E-state index in [0.29, 0.717) is 11.6 Å². The standard InChI is InChI=1S/C14H15N3O2S/c1-9-3-5-10(6-4-9)20-8-12-16-7-11(13(15)17-12)14(18)19-2/h3-7H,8H2,1-2H3,(H2,15,16,17). The van der Waals surface area contributed by atoms with Crippen molar-refractivity contribution in [2.45, 2.75) is 17.6 Å². The van der Waals surface area contributed by atoms with Crippen molar-refractivity contribution in [3.05, 3.63) is 47.4 Å². The van der Waals surface area contributed by atoms with Crippen LogP contribution in [0.1, 0.15) is 21.7 Å². The lowest BCUT2D eigenvalue weighted by Gasteiger charge is -2.05. The van der Waals surface area contributed by atoms with Crippen molar-refractivity contribution < 1.29 is 9.53 Å². The molecular formula is C14H15N3O2S. The van der Waals surface area contributed by atoms with Crippen LogP contribution in [-0.2, 0) is 10.5 Å². The molecule has 1 aromatic carbocycles. The van der Waals surface area contributed by atoms with E-state index in [1.165, 1.54) is 18.9 Å². The second-order valence-corrected chi connectivity index (χ2v) is 5.23. The number of anilines is 1. The van der Waals surface area contributed by atoms with Gasteiger partial charge in [-0.2, -0.15) is 0 Å². The van der Waals surface area contributed by atoms with Gasteiger partial charge >= 0.3 is 5.97 Å². The second-order valence-electron chi connectivity index (χ2n) is 4.18. The monoisotopic (exact) mass is 289 g/mol. The predicted molar refractivity (Wildman–Crippen MR) is 78.5 cm³/mol. The van der Waals surface area contributed by atoms with Crippen LogP contribution in [0.25, 0.3) is 0 Å². The minimum absolute atomic E-state index is 0.145. The highest BCUT2D eigenvalue weighted by Crippen LogP contribution is 2.22. The zero-order chi connectivity index (χ0) is 14.5. The van der Waals surface area contributed by atoms with Gasteiger partial charge < -0.3 is 10.5 Å². The first-order valence-corrected chi connectivity index (χ1v) is 6.98. The van der Waals surface area contributed by atoms with Crippen LogP contribution in [0.5, 0.6) is 0 Å². The number of carbonyl (C=O) groups is 1. The van der Waals surface area contributed by atoms with E-state index in [1.54, 1.807) is 11.8 Å². The molecule has 5 nitrogen and oxygen atoms in total. The van der Waals surface area contributed by atoms with E-state index in [0.717, 1.165) is 4.90 Å². The van der Waals surface area contributed by atoms with Gasteiger partial charge in [-0.3, -0.25) is 0 Å². The van der Waals surface area contributed by atoms with Crippen molar-refractivity contribution in [1.29, 1.82) is 0 Å². The number of hydrogen-bond acceptors (Lipinski definition) is 6. The Kier molecular flexibility index (Phi) is 4.57. The number of aromatic nitrogens is 2. The lowest BCUT2D eigenvalue weighted by molar-refractivity contribution is 0.0601. The van der Waals surface area contributed by atoms with E-state index in [-0.39, 0.29) is 11.4 Å². The molecule has 2 N–H and O–H groups in total. The first-order chi connectivity index (χ1) is 9.60. The number of hydrogen-bond donors (Lipinski definition) is 1. The first kappa shape index (κ1) is 14.3. The van der Waals surface area contributed by atoms with Crippen LogP contribution in [0.2, 0.25) is 0 Å². The molecule has 0 amide bonds. The lowest BCUT2D eigenvalue weighted by atomic mass is 10.2. The van der Waals surface area contributed by atoms with Gasteiger partial charge in [-0.25, -0.2) is 14.8 Å². The van der Waals surface area contributed by atoms with Crippen LogP contribution < -0.4 is 5.73 Å². The minimum atomic E-state index is -0.528. The summed E-state index contributed by atoms with van der Waals surface area (Å²) in [4.78, 5) is 20.8. The van der Waals surface area contributed by atoms with Crippen LogP contribution in [0.15, 0.2) is 35.4 Å². The topological polar surface area (TPSA) is 78.1 Å². The van der Waals surface area contributed by atoms with E-state index in [4.69, 9.17) is 5.73 Å². The average molecular weight is 289 g/mol. The summed E-state index contributed by atoms with van der Waals surface area (Å²) in [6.45, 7) is 2.05. The van der Waals surface area contributed by atoms with Crippen LogP contribution >= 0.6 is 11.8 Å².